The van der Waals surface area contributed by atoms with Gasteiger partial charge in [0, 0.05) is 14.1 Å². The summed E-state index contributed by atoms with van der Waals surface area (Å²) in [5, 5.41) is 8.05. The molecule has 0 unspecified atom stereocenters. The lowest BCUT2D eigenvalue weighted by molar-refractivity contribution is 0.506. The summed E-state index contributed by atoms with van der Waals surface area (Å²) in [6.45, 7) is 0. The standard InChI is InChI=1S/C5H9N3/c1-8(2)5(7)3-4-6/h3H,7H2,1-2H3. The molecule has 0 aliphatic heterocycles. The average molecular weight is 111 g/mol. The van der Waals surface area contributed by atoms with E-state index in [0.29, 0.717) is 5.82 Å². The summed E-state index contributed by atoms with van der Waals surface area (Å²) in [6.07, 6.45) is 1.29. The Labute approximate surface area is 49.0 Å². The predicted octanol–water partition coefficient (Wildman–Crippen LogP) is -0.128. The van der Waals surface area contributed by atoms with Crippen LogP contribution in [0.1, 0.15) is 0 Å². The first-order valence-corrected chi connectivity index (χ1v) is 2.21. The van der Waals surface area contributed by atoms with Gasteiger partial charge in [-0.1, -0.05) is 0 Å². The Bertz CT molecular complexity index is 129. The van der Waals surface area contributed by atoms with E-state index < -0.39 is 0 Å². The van der Waals surface area contributed by atoms with Gasteiger partial charge >= 0.3 is 0 Å². The Hall–Kier alpha value is -1.17. The minimum Gasteiger partial charge on any atom is -0.385 e. The van der Waals surface area contributed by atoms with Gasteiger partial charge in [0.2, 0.25) is 0 Å². The predicted molar refractivity (Wildman–Crippen MR) is 31.6 cm³/mol. The first kappa shape index (κ1) is 6.83. The fourth-order valence-corrected chi connectivity index (χ4v) is 0.195. The summed E-state index contributed by atoms with van der Waals surface area (Å²) in [6, 6.07) is 1.82. The summed E-state index contributed by atoms with van der Waals surface area (Å²) in [5.41, 5.74) is 5.29. The van der Waals surface area contributed by atoms with Crippen LogP contribution in [0.2, 0.25) is 0 Å². The zero-order valence-electron chi connectivity index (χ0n) is 5.05. The zero-order valence-corrected chi connectivity index (χ0v) is 5.05. The molecule has 0 rings (SSSR count). The molecule has 0 atom stereocenters. The van der Waals surface area contributed by atoms with Crippen LogP contribution in [-0.2, 0) is 0 Å². The second-order valence-corrected chi connectivity index (χ2v) is 1.59. The van der Waals surface area contributed by atoms with E-state index in [-0.39, 0.29) is 0 Å². The highest BCUT2D eigenvalue weighted by molar-refractivity contribution is 5.08. The van der Waals surface area contributed by atoms with Gasteiger partial charge in [-0.3, -0.25) is 0 Å². The van der Waals surface area contributed by atoms with Crippen LogP contribution in [0.15, 0.2) is 11.9 Å². The first-order valence-electron chi connectivity index (χ1n) is 2.21. The molecular formula is C5H9N3. The van der Waals surface area contributed by atoms with Crippen molar-refractivity contribution in [3.05, 3.63) is 11.9 Å². The number of nitrogens with two attached hydrogens (primary N) is 1. The molecular weight excluding hydrogens is 102 g/mol. The van der Waals surface area contributed by atoms with Gasteiger partial charge in [0.05, 0.1) is 12.1 Å². The SMILES string of the molecule is CN(C)C(N)=CC#N. The molecule has 0 bridgehead atoms. The summed E-state index contributed by atoms with van der Waals surface area (Å²) < 4.78 is 0. The van der Waals surface area contributed by atoms with Crippen LogP contribution in [0.25, 0.3) is 0 Å². The van der Waals surface area contributed by atoms with E-state index in [0.717, 1.165) is 0 Å². The summed E-state index contributed by atoms with van der Waals surface area (Å²) >= 11 is 0. The van der Waals surface area contributed by atoms with E-state index in [1.165, 1.54) is 6.08 Å². The Morgan fingerprint density at radius 2 is 2.25 bits per heavy atom. The van der Waals surface area contributed by atoms with Gasteiger partial charge in [-0.2, -0.15) is 5.26 Å². The molecule has 3 heteroatoms. The largest absolute Gasteiger partial charge is 0.385 e. The molecule has 0 aliphatic rings. The van der Waals surface area contributed by atoms with Crippen LogP contribution in [0, 0.1) is 11.3 Å². The van der Waals surface area contributed by atoms with Crippen molar-refractivity contribution in [1.82, 2.24) is 4.90 Å². The van der Waals surface area contributed by atoms with Gasteiger partial charge in [0.15, 0.2) is 0 Å². The number of hydrogen-bond donors (Lipinski definition) is 1. The fourth-order valence-electron chi connectivity index (χ4n) is 0.195. The first-order chi connectivity index (χ1) is 3.68. The third kappa shape index (κ3) is 2.08. The second kappa shape index (κ2) is 2.92. The summed E-state index contributed by atoms with van der Waals surface area (Å²) in [7, 11) is 3.56. The van der Waals surface area contributed by atoms with Crippen molar-refractivity contribution < 1.29 is 0 Å². The number of rotatable bonds is 1. The van der Waals surface area contributed by atoms with Crippen LogP contribution in [0.3, 0.4) is 0 Å². The zero-order chi connectivity index (χ0) is 6.57. The smallest absolute Gasteiger partial charge is 0.109 e. The molecule has 3 nitrogen and oxygen atoms in total. The topological polar surface area (TPSA) is 53.0 Å². The monoisotopic (exact) mass is 111 g/mol. The van der Waals surface area contributed by atoms with E-state index in [1.54, 1.807) is 19.0 Å². The highest BCUT2D eigenvalue weighted by Gasteiger charge is 1.86. The van der Waals surface area contributed by atoms with E-state index in [2.05, 4.69) is 0 Å². The van der Waals surface area contributed by atoms with Crippen LogP contribution >= 0.6 is 0 Å². The van der Waals surface area contributed by atoms with Gasteiger partial charge < -0.3 is 10.6 Å². The number of allylic oxidation sites excluding steroid dienone is 1. The molecule has 0 heterocycles. The quantitative estimate of drug-likeness (QED) is 0.479. The fraction of sp³-hybridized carbons (Fsp3) is 0.400. The summed E-state index contributed by atoms with van der Waals surface area (Å²) in [5.74, 6) is 0.479. The van der Waals surface area contributed by atoms with Gasteiger partial charge in [-0.05, 0) is 0 Å². The van der Waals surface area contributed by atoms with Crippen molar-refractivity contribution in [3.8, 4) is 6.07 Å². The Morgan fingerprint density at radius 1 is 1.75 bits per heavy atom. The molecule has 0 aliphatic carbocycles. The molecule has 0 saturated heterocycles. The molecule has 0 saturated carbocycles. The number of nitriles is 1. The van der Waals surface area contributed by atoms with Gasteiger partial charge in [-0.25, -0.2) is 0 Å². The van der Waals surface area contributed by atoms with Crippen LogP contribution in [0.5, 0.6) is 0 Å². The third-order valence-corrected chi connectivity index (χ3v) is 0.729. The maximum absolute atomic E-state index is 8.05. The normalized spacial score (nSPS) is 10.4. The molecule has 2 N–H and O–H groups in total. The van der Waals surface area contributed by atoms with Crippen molar-refractivity contribution in [2.45, 2.75) is 0 Å². The maximum atomic E-state index is 8.05. The van der Waals surface area contributed by atoms with Crippen LogP contribution in [-0.4, -0.2) is 19.0 Å². The molecule has 0 aromatic heterocycles. The number of hydrogen-bond acceptors (Lipinski definition) is 3. The molecule has 0 radical (unpaired) electrons. The minimum atomic E-state index is 0.479. The summed E-state index contributed by atoms with van der Waals surface area (Å²) in [4.78, 5) is 1.67. The van der Waals surface area contributed by atoms with Crippen LogP contribution in [0.4, 0.5) is 0 Å². The highest BCUT2D eigenvalue weighted by atomic mass is 15.1. The molecule has 0 amide bonds. The van der Waals surface area contributed by atoms with Gasteiger partial charge in [-0.15, -0.1) is 0 Å². The lowest BCUT2D eigenvalue weighted by Gasteiger charge is -2.09. The molecule has 0 fully saturated rings. The maximum Gasteiger partial charge on any atom is 0.109 e. The third-order valence-electron chi connectivity index (χ3n) is 0.729. The minimum absolute atomic E-state index is 0.479. The van der Waals surface area contributed by atoms with E-state index in [4.69, 9.17) is 11.0 Å². The van der Waals surface area contributed by atoms with E-state index in [9.17, 15) is 0 Å². The van der Waals surface area contributed by atoms with Crippen molar-refractivity contribution >= 4 is 0 Å². The molecule has 0 aromatic rings. The molecule has 8 heavy (non-hydrogen) atoms. The van der Waals surface area contributed by atoms with Crippen LogP contribution < -0.4 is 5.73 Å². The average Bonchev–Trinajstić information content (AvgIpc) is 1.67. The van der Waals surface area contributed by atoms with Gasteiger partial charge in [0.25, 0.3) is 0 Å². The van der Waals surface area contributed by atoms with Crippen molar-refractivity contribution in [2.75, 3.05) is 14.1 Å². The van der Waals surface area contributed by atoms with Crippen molar-refractivity contribution in [3.63, 3.8) is 0 Å². The Morgan fingerprint density at radius 3 is 2.38 bits per heavy atom. The molecule has 0 spiro atoms. The van der Waals surface area contributed by atoms with Crippen molar-refractivity contribution in [1.29, 1.82) is 5.26 Å². The lowest BCUT2D eigenvalue weighted by atomic mass is 10.6. The van der Waals surface area contributed by atoms with E-state index >= 15 is 0 Å². The van der Waals surface area contributed by atoms with Gasteiger partial charge in [0.1, 0.15) is 5.82 Å². The lowest BCUT2D eigenvalue weighted by Crippen LogP contribution is -2.17. The van der Waals surface area contributed by atoms with E-state index in [1.807, 2.05) is 6.07 Å². The molecule has 0 aromatic carbocycles. The Kier molecular flexibility index (Phi) is 2.49. The highest BCUT2D eigenvalue weighted by Crippen LogP contribution is 1.83. The second-order valence-electron chi connectivity index (χ2n) is 1.59. The Balaban J connectivity index is 3.85. The molecule has 44 valence electrons. The number of nitrogens with zero attached hydrogens (tertiary/aromatic N) is 2. The van der Waals surface area contributed by atoms with Crippen molar-refractivity contribution in [2.24, 2.45) is 5.73 Å².